The molecule has 1 saturated carbocycles. The lowest BCUT2D eigenvalue weighted by atomic mass is 9.89. The average Bonchev–Trinajstić information content (AvgIpc) is 3.34. The molecule has 1 N–H and O–H groups in total. The molecule has 7 heteroatoms. The molecule has 2 fully saturated rings. The highest BCUT2D eigenvalue weighted by Crippen LogP contribution is 2.33. The van der Waals surface area contributed by atoms with Crippen LogP contribution in [0.2, 0.25) is 0 Å². The molecule has 0 spiro atoms. The molecule has 32 heavy (non-hydrogen) atoms. The van der Waals surface area contributed by atoms with Gasteiger partial charge in [0.15, 0.2) is 11.5 Å². The number of nitrogens with zero attached hydrogens (tertiary/aromatic N) is 2. The smallest absolute Gasteiger partial charge is 0.289 e. The number of ether oxygens (including phenoxy) is 2. The van der Waals surface area contributed by atoms with Gasteiger partial charge in [0.1, 0.15) is 0 Å². The Balaban J connectivity index is 1.35. The molecular formula is C25H35N3O4. The van der Waals surface area contributed by atoms with Crippen LogP contribution in [0.3, 0.4) is 0 Å². The number of carbonyl (C=O) groups is 1. The fourth-order valence-electron chi connectivity index (χ4n) is 5.06. The van der Waals surface area contributed by atoms with Crippen LogP contribution in [-0.4, -0.2) is 49.8 Å². The van der Waals surface area contributed by atoms with E-state index in [-0.39, 0.29) is 11.8 Å². The summed E-state index contributed by atoms with van der Waals surface area (Å²) in [6.45, 7) is 3.40. The summed E-state index contributed by atoms with van der Waals surface area (Å²) in [4.78, 5) is 14.9. The van der Waals surface area contributed by atoms with Crippen LogP contribution in [0.15, 0.2) is 28.8 Å². The van der Waals surface area contributed by atoms with Crippen LogP contribution in [-0.2, 0) is 6.54 Å². The predicted octanol–water partition coefficient (Wildman–Crippen LogP) is 4.38. The van der Waals surface area contributed by atoms with Gasteiger partial charge < -0.3 is 19.3 Å². The predicted molar refractivity (Wildman–Crippen MR) is 122 cm³/mol. The van der Waals surface area contributed by atoms with E-state index < -0.39 is 0 Å². The van der Waals surface area contributed by atoms with Crippen molar-refractivity contribution in [2.45, 2.75) is 57.4 Å². The monoisotopic (exact) mass is 441 g/mol. The minimum absolute atomic E-state index is 0.150. The molecule has 1 saturated heterocycles. The van der Waals surface area contributed by atoms with E-state index in [1.54, 1.807) is 14.2 Å². The Morgan fingerprint density at radius 3 is 2.78 bits per heavy atom. The summed E-state index contributed by atoms with van der Waals surface area (Å²) in [7, 11) is 3.34. The summed E-state index contributed by atoms with van der Waals surface area (Å²) >= 11 is 0. The lowest BCUT2D eigenvalue weighted by Crippen LogP contribution is -2.34. The Labute approximate surface area is 190 Å². The first-order chi connectivity index (χ1) is 15.7. The zero-order chi connectivity index (χ0) is 22.3. The van der Waals surface area contributed by atoms with E-state index in [1.807, 2.05) is 18.2 Å². The van der Waals surface area contributed by atoms with E-state index in [0.717, 1.165) is 61.8 Å². The average molecular weight is 442 g/mol. The number of likely N-dealkylation sites (tertiary alicyclic amines) is 1. The van der Waals surface area contributed by atoms with Crippen molar-refractivity contribution in [2.24, 2.45) is 5.92 Å². The molecule has 2 aliphatic rings. The number of rotatable bonds is 8. The highest BCUT2D eigenvalue weighted by molar-refractivity contribution is 5.91. The van der Waals surface area contributed by atoms with Gasteiger partial charge in [0, 0.05) is 37.2 Å². The number of amides is 1. The second-order valence-corrected chi connectivity index (χ2v) is 9.06. The molecule has 1 aliphatic carbocycles. The fourth-order valence-corrected chi connectivity index (χ4v) is 5.06. The molecule has 174 valence electrons. The van der Waals surface area contributed by atoms with E-state index >= 15 is 0 Å². The van der Waals surface area contributed by atoms with Crippen molar-refractivity contribution in [2.75, 3.05) is 33.9 Å². The highest BCUT2D eigenvalue weighted by atomic mass is 16.5. The van der Waals surface area contributed by atoms with Gasteiger partial charge in [-0.1, -0.05) is 36.6 Å². The van der Waals surface area contributed by atoms with Crippen molar-refractivity contribution in [3.05, 3.63) is 41.3 Å². The Morgan fingerprint density at radius 2 is 2.00 bits per heavy atom. The molecule has 1 aliphatic heterocycles. The number of hydrogen-bond acceptors (Lipinski definition) is 6. The number of piperidine rings is 1. The SMILES string of the molecule is COc1cccc(CN2CCCC(c3cc(C(=O)NCC4CCCCC4)on3)C2)c1OC. The maximum absolute atomic E-state index is 12.5. The molecule has 1 atom stereocenters. The zero-order valence-electron chi connectivity index (χ0n) is 19.3. The first-order valence-electron chi connectivity index (χ1n) is 11.8. The maximum atomic E-state index is 12.5. The lowest BCUT2D eigenvalue weighted by molar-refractivity contribution is 0.0906. The molecule has 0 radical (unpaired) electrons. The van der Waals surface area contributed by atoms with Gasteiger partial charge in [-0.3, -0.25) is 9.69 Å². The zero-order valence-corrected chi connectivity index (χ0v) is 19.3. The van der Waals surface area contributed by atoms with Crippen molar-refractivity contribution < 1.29 is 18.8 Å². The quantitative estimate of drug-likeness (QED) is 0.655. The van der Waals surface area contributed by atoms with E-state index in [1.165, 1.54) is 32.1 Å². The third-order valence-corrected chi connectivity index (χ3v) is 6.83. The number of benzene rings is 1. The summed E-state index contributed by atoms with van der Waals surface area (Å²) in [5.74, 6) is 2.56. The number of methoxy groups -OCH3 is 2. The molecule has 4 rings (SSSR count). The summed E-state index contributed by atoms with van der Waals surface area (Å²) in [6, 6.07) is 7.82. The van der Waals surface area contributed by atoms with Crippen LogP contribution < -0.4 is 14.8 Å². The molecule has 1 aromatic carbocycles. The summed E-state index contributed by atoms with van der Waals surface area (Å²) in [5, 5.41) is 7.29. The van der Waals surface area contributed by atoms with Gasteiger partial charge in [-0.15, -0.1) is 0 Å². The second-order valence-electron chi connectivity index (χ2n) is 9.06. The Hall–Kier alpha value is -2.54. The normalized spacial score (nSPS) is 20.1. The van der Waals surface area contributed by atoms with Gasteiger partial charge in [0.05, 0.1) is 19.9 Å². The Morgan fingerprint density at radius 1 is 1.16 bits per heavy atom. The van der Waals surface area contributed by atoms with Crippen LogP contribution >= 0.6 is 0 Å². The third kappa shape index (κ3) is 5.44. The molecule has 0 bridgehead atoms. The van der Waals surface area contributed by atoms with Gasteiger partial charge in [0.2, 0.25) is 5.76 Å². The first-order valence-corrected chi connectivity index (χ1v) is 11.8. The van der Waals surface area contributed by atoms with E-state index in [0.29, 0.717) is 11.7 Å². The minimum atomic E-state index is -0.150. The van der Waals surface area contributed by atoms with Crippen LogP contribution in [0.1, 0.15) is 72.7 Å². The number of carbonyl (C=O) groups excluding carboxylic acids is 1. The van der Waals surface area contributed by atoms with Gasteiger partial charge in [0.25, 0.3) is 5.91 Å². The van der Waals surface area contributed by atoms with E-state index in [9.17, 15) is 4.79 Å². The van der Waals surface area contributed by atoms with Crippen molar-refractivity contribution >= 4 is 5.91 Å². The summed E-state index contributed by atoms with van der Waals surface area (Å²) < 4.78 is 16.5. The molecule has 1 amide bonds. The molecule has 2 heterocycles. The number of hydrogen-bond donors (Lipinski definition) is 1. The van der Waals surface area contributed by atoms with Crippen molar-refractivity contribution in [3.63, 3.8) is 0 Å². The van der Waals surface area contributed by atoms with Crippen molar-refractivity contribution in [1.82, 2.24) is 15.4 Å². The molecule has 7 nitrogen and oxygen atoms in total. The van der Waals surface area contributed by atoms with E-state index in [4.69, 9.17) is 14.0 Å². The topological polar surface area (TPSA) is 76.8 Å². The van der Waals surface area contributed by atoms with Gasteiger partial charge in [-0.05, 0) is 44.2 Å². The molecule has 1 unspecified atom stereocenters. The van der Waals surface area contributed by atoms with Crippen molar-refractivity contribution in [1.29, 1.82) is 0 Å². The van der Waals surface area contributed by atoms with Crippen LogP contribution in [0.4, 0.5) is 0 Å². The largest absolute Gasteiger partial charge is 0.493 e. The number of para-hydroxylation sites is 1. The van der Waals surface area contributed by atoms with Gasteiger partial charge in [-0.25, -0.2) is 0 Å². The third-order valence-electron chi connectivity index (χ3n) is 6.83. The van der Waals surface area contributed by atoms with Gasteiger partial charge in [-0.2, -0.15) is 0 Å². The lowest BCUT2D eigenvalue weighted by Gasteiger charge is -2.32. The molecule has 1 aromatic heterocycles. The minimum Gasteiger partial charge on any atom is -0.493 e. The second kappa shape index (κ2) is 10.9. The molecule has 2 aromatic rings. The van der Waals surface area contributed by atoms with Crippen molar-refractivity contribution in [3.8, 4) is 11.5 Å². The highest BCUT2D eigenvalue weighted by Gasteiger charge is 2.26. The summed E-state index contributed by atoms with van der Waals surface area (Å²) in [5.41, 5.74) is 1.98. The Bertz CT molecular complexity index is 891. The fraction of sp³-hybridized carbons (Fsp3) is 0.600. The van der Waals surface area contributed by atoms with Gasteiger partial charge >= 0.3 is 0 Å². The Kier molecular flexibility index (Phi) is 7.68. The standard InChI is InChI=1S/C25H35N3O4/c1-30-22-12-6-10-20(24(22)31-2)17-28-13-7-11-19(16-28)21-14-23(32-27-21)25(29)26-15-18-8-4-3-5-9-18/h6,10,12,14,18-19H,3-5,7-9,11,13,15-17H2,1-2H3,(H,26,29). The maximum Gasteiger partial charge on any atom is 0.289 e. The van der Waals surface area contributed by atoms with Crippen LogP contribution in [0, 0.1) is 5.92 Å². The summed E-state index contributed by atoms with van der Waals surface area (Å²) in [6.07, 6.45) is 8.39. The molecular weight excluding hydrogens is 406 g/mol. The van der Waals surface area contributed by atoms with E-state index in [2.05, 4.69) is 21.4 Å². The number of nitrogens with one attached hydrogen (secondary N) is 1. The number of aromatic nitrogens is 1. The van der Waals surface area contributed by atoms with Crippen LogP contribution in [0.5, 0.6) is 11.5 Å². The van der Waals surface area contributed by atoms with Crippen LogP contribution in [0.25, 0.3) is 0 Å². The first kappa shape index (κ1) is 22.6.